The molecule has 1 nitrogen and oxygen atoms in total. The molecular weight excluding hydrogens is 254 g/mol. The molecule has 0 fully saturated rings. The van der Waals surface area contributed by atoms with Crippen LogP contribution in [0.3, 0.4) is 0 Å². The van der Waals surface area contributed by atoms with Gasteiger partial charge >= 0.3 is 0 Å². The van der Waals surface area contributed by atoms with Crippen LogP contribution in [-0.4, -0.2) is 12.6 Å². The SMILES string of the molecule is CCNC(Cc1ccccc1)Cc1ccc(Cl)cc1. The summed E-state index contributed by atoms with van der Waals surface area (Å²) in [5, 5.41) is 4.36. The number of benzene rings is 2. The molecule has 19 heavy (non-hydrogen) atoms. The second kappa shape index (κ2) is 7.32. The molecule has 1 atom stereocenters. The van der Waals surface area contributed by atoms with E-state index in [0.717, 1.165) is 24.4 Å². The van der Waals surface area contributed by atoms with Crippen LogP contribution in [0.4, 0.5) is 0 Å². The molecule has 0 saturated carbocycles. The van der Waals surface area contributed by atoms with E-state index in [-0.39, 0.29) is 0 Å². The Balaban J connectivity index is 2.01. The Bertz CT molecular complexity index is 478. The second-order valence-electron chi connectivity index (χ2n) is 4.77. The normalized spacial score (nSPS) is 12.3. The van der Waals surface area contributed by atoms with Crippen LogP contribution >= 0.6 is 11.6 Å². The van der Waals surface area contributed by atoms with Gasteiger partial charge in [-0.15, -0.1) is 0 Å². The van der Waals surface area contributed by atoms with Crippen LogP contribution in [-0.2, 0) is 12.8 Å². The van der Waals surface area contributed by atoms with Crippen molar-refractivity contribution >= 4 is 11.6 Å². The fourth-order valence-electron chi connectivity index (χ4n) is 2.31. The lowest BCUT2D eigenvalue weighted by molar-refractivity contribution is 0.521. The van der Waals surface area contributed by atoms with E-state index in [9.17, 15) is 0 Å². The van der Waals surface area contributed by atoms with Crippen molar-refractivity contribution in [3.8, 4) is 0 Å². The maximum absolute atomic E-state index is 5.92. The summed E-state index contributed by atoms with van der Waals surface area (Å²) < 4.78 is 0. The van der Waals surface area contributed by atoms with Gasteiger partial charge in [0, 0.05) is 11.1 Å². The highest BCUT2D eigenvalue weighted by Crippen LogP contribution is 2.13. The maximum Gasteiger partial charge on any atom is 0.0406 e. The van der Waals surface area contributed by atoms with E-state index in [2.05, 4.69) is 54.7 Å². The number of rotatable bonds is 6. The lowest BCUT2D eigenvalue weighted by Gasteiger charge is -2.18. The molecule has 1 N–H and O–H groups in total. The van der Waals surface area contributed by atoms with Crippen molar-refractivity contribution in [2.75, 3.05) is 6.54 Å². The molecule has 1 unspecified atom stereocenters. The highest BCUT2D eigenvalue weighted by atomic mass is 35.5. The minimum absolute atomic E-state index is 0.466. The number of halogens is 1. The van der Waals surface area contributed by atoms with Crippen molar-refractivity contribution in [3.63, 3.8) is 0 Å². The van der Waals surface area contributed by atoms with E-state index in [1.165, 1.54) is 11.1 Å². The van der Waals surface area contributed by atoms with Gasteiger partial charge < -0.3 is 5.32 Å². The minimum atomic E-state index is 0.466. The lowest BCUT2D eigenvalue weighted by Crippen LogP contribution is -2.33. The van der Waals surface area contributed by atoms with Gasteiger partial charge in [-0.3, -0.25) is 0 Å². The number of hydrogen-bond acceptors (Lipinski definition) is 1. The van der Waals surface area contributed by atoms with Crippen molar-refractivity contribution in [2.45, 2.75) is 25.8 Å². The molecule has 0 heterocycles. The molecular formula is C17H20ClN. The van der Waals surface area contributed by atoms with Crippen molar-refractivity contribution in [2.24, 2.45) is 0 Å². The second-order valence-corrected chi connectivity index (χ2v) is 5.21. The summed E-state index contributed by atoms with van der Waals surface area (Å²) in [4.78, 5) is 0. The molecule has 0 bridgehead atoms. The molecule has 0 spiro atoms. The number of nitrogens with one attached hydrogen (secondary N) is 1. The Hall–Kier alpha value is -1.31. The van der Waals surface area contributed by atoms with E-state index in [4.69, 9.17) is 11.6 Å². The van der Waals surface area contributed by atoms with Crippen LogP contribution in [0.15, 0.2) is 54.6 Å². The highest BCUT2D eigenvalue weighted by molar-refractivity contribution is 6.30. The predicted octanol–water partition coefficient (Wildman–Crippen LogP) is 4.10. The van der Waals surface area contributed by atoms with E-state index >= 15 is 0 Å². The number of hydrogen-bond donors (Lipinski definition) is 1. The standard InChI is InChI=1S/C17H20ClN/c1-2-19-17(12-14-6-4-3-5-7-14)13-15-8-10-16(18)11-9-15/h3-11,17,19H,2,12-13H2,1H3. The first-order valence-electron chi connectivity index (χ1n) is 6.79. The van der Waals surface area contributed by atoms with Crippen molar-refractivity contribution in [1.29, 1.82) is 0 Å². The molecule has 0 saturated heterocycles. The lowest BCUT2D eigenvalue weighted by atomic mass is 9.99. The third kappa shape index (κ3) is 4.70. The summed E-state index contributed by atoms with van der Waals surface area (Å²) in [5.41, 5.74) is 2.70. The zero-order valence-electron chi connectivity index (χ0n) is 11.3. The van der Waals surface area contributed by atoms with Gasteiger partial charge in [-0.05, 0) is 42.6 Å². The summed E-state index contributed by atoms with van der Waals surface area (Å²) in [7, 11) is 0. The third-order valence-corrected chi connectivity index (χ3v) is 3.47. The zero-order chi connectivity index (χ0) is 13.5. The molecule has 0 aliphatic rings. The summed E-state index contributed by atoms with van der Waals surface area (Å²) in [5.74, 6) is 0. The Kier molecular flexibility index (Phi) is 5.44. The molecule has 0 aromatic heterocycles. The van der Waals surface area contributed by atoms with Gasteiger partial charge in [0.15, 0.2) is 0 Å². The predicted molar refractivity (Wildman–Crippen MR) is 82.8 cm³/mol. The van der Waals surface area contributed by atoms with Gasteiger partial charge in [0.1, 0.15) is 0 Å². The quantitative estimate of drug-likeness (QED) is 0.835. The van der Waals surface area contributed by atoms with Gasteiger partial charge in [0.2, 0.25) is 0 Å². The van der Waals surface area contributed by atoms with Crippen LogP contribution in [0.2, 0.25) is 5.02 Å². The van der Waals surface area contributed by atoms with Gasteiger partial charge in [-0.25, -0.2) is 0 Å². The van der Waals surface area contributed by atoms with Crippen LogP contribution in [0.1, 0.15) is 18.1 Å². The van der Waals surface area contributed by atoms with E-state index < -0.39 is 0 Å². The Morgan fingerprint density at radius 3 is 2.05 bits per heavy atom. The number of likely N-dealkylation sites (N-methyl/N-ethyl adjacent to an activating group) is 1. The summed E-state index contributed by atoms with van der Waals surface area (Å²) in [6.07, 6.45) is 2.08. The third-order valence-electron chi connectivity index (χ3n) is 3.21. The molecule has 0 radical (unpaired) electrons. The fraction of sp³-hybridized carbons (Fsp3) is 0.294. The largest absolute Gasteiger partial charge is 0.314 e. The van der Waals surface area contributed by atoms with Crippen LogP contribution < -0.4 is 5.32 Å². The van der Waals surface area contributed by atoms with Gasteiger partial charge in [-0.2, -0.15) is 0 Å². The van der Waals surface area contributed by atoms with Crippen LogP contribution in [0.25, 0.3) is 0 Å². The topological polar surface area (TPSA) is 12.0 Å². The molecule has 0 amide bonds. The molecule has 0 aliphatic heterocycles. The average Bonchev–Trinajstić information content (AvgIpc) is 2.43. The first-order chi connectivity index (χ1) is 9.28. The maximum atomic E-state index is 5.92. The first kappa shape index (κ1) is 14.1. The highest BCUT2D eigenvalue weighted by Gasteiger charge is 2.09. The molecule has 2 heteroatoms. The molecule has 2 rings (SSSR count). The summed E-state index contributed by atoms with van der Waals surface area (Å²) in [6, 6.07) is 19.2. The summed E-state index contributed by atoms with van der Waals surface area (Å²) in [6.45, 7) is 3.14. The minimum Gasteiger partial charge on any atom is -0.314 e. The monoisotopic (exact) mass is 273 g/mol. The van der Waals surface area contributed by atoms with Gasteiger partial charge in [0.25, 0.3) is 0 Å². The van der Waals surface area contributed by atoms with E-state index in [0.29, 0.717) is 6.04 Å². The van der Waals surface area contributed by atoms with Gasteiger partial charge in [0.05, 0.1) is 0 Å². The molecule has 2 aromatic rings. The smallest absolute Gasteiger partial charge is 0.0406 e. The Morgan fingerprint density at radius 1 is 0.895 bits per heavy atom. The summed E-state index contributed by atoms with van der Waals surface area (Å²) >= 11 is 5.92. The average molecular weight is 274 g/mol. The molecule has 100 valence electrons. The van der Waals surface area contributed by atoms with Crippen molar-refractivity contribution in [1.82, 2.24) is 5.32 Å². The van der Waals surface area contributed by atoms with Crippen molar-refractivity contribution in [3.05, 3.63) is 70.7 Å². The molecule has 0 aliphatic carbocycles. The molecule has 2 aromatic carbocycles. The zero-order valence-corrected chi connectivity index (χ0v) is 12.0. The van der Waals surface area contributed by atoms with E-state index in [1.807, 2.05) is 12.1 Å². The fourth-order valence-corrected chi connectivity index (χ4v) is 2.43. The first-order valence-corrected chi connectivity index (χ1v) is 7.17. The Morgan fingerprint density at radius 2 is 1.47 bits per heavy atom. The van der Waals surface area contributed by atoms with Crippen molar-refractivity contribution < 1.29 is 0 Å². The van der Waals surface area contributed by atoms with Crippen LogP contribution in [0, 0.1) is 0 Å². The Labute approximate surface area is 120 Å². The van der Waals surface area contributed by atoms with E-state index in [1.54, 1.807) is 0 Å². The van der Waals surface area contributed by atoms with Gasteiger partial charge in [-0.1, -0.05) is 61.0 Å². The van der Waals surface area contributed by atoms with Crippen LogP contribution in [0.5, 0.6) is 0 Å².